The summed E-state index contributed by atoms with van der Waals surface area (Å²) in [6.45, 7) is 6.20. The molecule has 2 N–H and O–H groups in total. The molecule has 0 radical (unpaired) electrons. The minimum Gasteiger partial charge on any atom is -0.449 e. The number of carbonyl (C=O) groups is 1. The Bertz CT molecular complexity index is 435. The normalized spacial score (nSPS) is 10.0. The molecule has 5 nitrogen and oxygen atoms in total. The second-order valence-electron chi connectivity index (χ2n) is 4.26. The molecule has 1 aromatic rings. The summed E-state index contributed by atoms with van der Waals surface area (Å²) in [7, 11) is 0. The number of nitrogens with zero attached hydrogens (tertiary/aromatic N) is 1. The molecule has 18 heavy (non-hydrogen) atoms. The first-order valence-electron chi connectivity index (χ1n) is 5.64. The number of hydrogen-bond donors (Lipinski definition) is 2. The molecule has 0 aromatic carbocycles. The number of aryl methyl sites for hydroxylation is 1. The first-order chi connectivity index (χ1) is 8.49. The van der Waals surface area contributed by atoms with E-state index in [2.05, 4.69) is 15.6 Å². The van der Waals surface area contributed by atoms with E-state index >= 15 is 0 Å². The summed E-state index contributed by atoms with van der Waals surface area (Å²) >= 11 is 5.00. The quantitative estimate of drug-likeness (QED) is 0.824. The maximum Gasteiger partial charge on any atom is 0.413 e. The second-order valence-corrected chi connectivity index (χ2v) is 4.67. The molecule has 1 heterocycles. The van der Waals surface area contributed by atoms with E-state index in [-0.39, 0.29) is 11.0 Å². The lowest BCUT2D eigenvalue weighted by Crippen LogP contribution is -2.35. The molecule has 0 fully saturated rings. The first kappa shape index (κ1) is 14.4. The van der Waals surface area contributed by atoms with E-state index in [4.69, 9.17) is 17.0 Å². The fourth-order valence-corrected chi connectivity index (χ4v) is 1.31. The van der Waals surface area contributed by atoms with E-state index in [1.165, 1.54) is 0 Å². The summed E-state index contributed by atoms with van der Waals surface area (Å²) in [5.41, 5.74) is 1.75. The fraction of sp³-hybridized carbons (Fsp3) is 0.417. The number of amides is 1. The molecular formula is C12H17N3O2S. The summed E-state index contributed by atoms with van der Waals surface area (Å²) in [6.07, 6.45) is 2.78. The number of hydrogen-bond acceptors (Lipinski definition) is 4. The monoisotopic (exact) mass is 267 g/mol. The van der Waals surface area contributed by atoms with Crippen LogP contribution in [0.25, 0.3) is 0 Å². The minimum atomic E-state index is -0.553. The number of aromatic nitrogens is 1. The highest BCUT2D eigenvalue weighted by molar-refractivity contribution is 7.80. The van der Waals surface area contributed by atoms with Gasteiger partial charge in [0.1, 0.15) is 0 Å². The second kappa shape index (κ2) is 6.90. The van der Waals surface area contributed by atoms with Gasteiger partial charge >= 0.3 is 6.09 Å². The average Bonchev–Trinajstić information content (AvgIpc) is 2.29. The highest BCUT2D eigenvalue weighted by Gasteiger charge is 2.07. The van der Waals surface area contributed by atoms with Crippen molar-refractivity contribution in [1.29, 1.82) is 0 Å². The van der Waals surface area contributed by atoms with Crippen molar-refractivity contribution in [2.24, 2.45) is 5.92 Å². The molecule has 0 saturated heterocycles. The largest absolute Gasteiger partial charge is 0.449 e. The van der Waals surface area contributed by atoms with Crippen molar-refractivity contribution in [3.05, 3.63) is 24.0 Å². The van der Waals surface area contributed by atoms with Gasteiger partial charge in [-0.2, -0.15) is 0 Å². The molecule has 0 bridgehead atoms. The number of alkyl carbamates (subject to hydrolysis) is 1. The Morgan fingerprint density at radius 1 is 1.56 bits per heavy atom. The third kappa shape index (κ3) is 5.09. The number of thiocarbonyl (C=S) groups is 1. The predicted molar refractivity (Wildman–Crippen MR) is 74.5 cm³/mol. The van der Waals surface area contributed by atoms with Crippen LogP contribution in [0.3, 0.4) is 0 Å². The standard InChI is InChI=1S/C12H17N3O2S/c1-8(2)7-17-12(16)15-11(18)14-10-6-13-5-4-9(10)3/h4-6,8H,7H2,1-3H3,(H2,14,15,16,18). The van der Waals surface area contributed by atoms with Crippen LogP contribution in [0.5, 0.6) is 0 Å². The summed E-state index contributed by atoms with van der Waals surface area (Å²) in [6, 6.07) is 1.85. The molecule has 0 saturated carbocycles. The predicted octanol–water partition coefficient (Wildman–Crippen LogP) is 2.47. The van der Waals surface area contributed by atoms with Crippen molar-refractivity contribution >= 4 is 29.1 Å². The van der Waals surface area contributed by atoms with Gasteiger partial charge < -0.3 is 10.1 Å². The summed E-state index contributed by atoms with van der Waals surface area (Å²) < 4.78 is 4.95. The lowest BCUT2D eigenvalue weighted by molar-refractivity contribution is 0.138. The number of ether oxygens (including phenoxy) is 1. The topological polar surface area (TPSA) is 63.2 Å². The van der Waals surface area contributed by atoms with Gasteiger partial charge in [0.25, 0.3) is 0 Å². The minimum absolute atomic E-state index is 0.194. The molecule has 6 heteroatoms. The lowest BCUT2D eigenvalue weighted by Gasteiger charge is -2.12. The molecular weight excluding hydrogens is 250 g/mol. The lowest BCUT2D eigenvalue weighted by atomic mass is 10.2. The molecule has 0 aliphatic heterocycles. The van der Waals surface area contributed by atoms with Crippen LogP contribution in [0.15, 0.2) is 18.5 Å². The molecule has 98 valence electrons. The van der Waals surface area contributed by atoms with Gasteiger partial charge in [-0.05, 0) is 36.7 Å². The molecule has 1 rings (SSSR count). The molecule has 0 unspecified atom stereocenters. The Morgan fingerprint density at radius 3 is 2.89 bits per heavy atom. The smallest absolute Gasteiger partial charge is 0.413 e. The number of carbonyl (C=O) groups excluding carboxylic acids is 1. The highest BCUT2D eigenvalue weighted by atomic mass is 32.1. The Kier molecular flexibility index (Phi) is 5.51. The summed E-state index contributed by atoms with van der Waals surface area (Å²) in [5.74, 6) is 0.290. The van der Waals surface area contributed by atoms with E-state index in [9.17, 15) is 4.79 Å². The zero-order valence-electron chi connectivity index (χ0n) is 10.7. The van der Waals surface area contributed by atoms with Gasteiger partial charge in [0.2, 0.25) is 0 Å². The van der Waals surface area contributed by atoms with Crippen molar-refractivity contribution in [3.8, 4) is 0 Å². The van der Waals surface area contributed by atoms with Crippen LogP contribution in [0.4, 0.5) is 10.5 Å². The molecule has 0 atom stereocenters. The van der Waals surface area contributed by atoms with Crippen LogP contribution in [-0.2, 0) is 4.74 Å². The third-order valence-corrected chi connectivity index (χ3v) is 2.25. The van der Waals surface area contributed by atoms with Crippen molar-refractivity contribution in [1.82, 2.24) is 10.3 Å². The van der Waals surface area contributed by atoms with Gasteiger partial charge in [-0.1, -0.05) is 13.8 Å². The van der Waals surface area contributed by atoms with Gasteiger partial charge in [-0.25, -0.2) is 4.79 Å². The molecule has 0 aliphatic rings. The molecule has 0 spiro atoms. The van der Waals surface area contributed by atoms with E-state index in [0.29, 0.717) is 6.61 Å². The Labute approximate surface area is 112 Å². The number of anilines is 1. The zero-order chi connectivity index (χ0) is 13.5. The maximum absolute atomic E-state index is 11.4. The van der Waals surface area contributed by atoms with E-state index < -0.39 is 6.09 Å². The molecule has 1 amide bonds. The van der Waals surface area contributed by atoms with Gasteiger partial charge in [-0.15, -0.1) is 0 Å². The van der Waals surface area contributed by atoms with E-state index in [0.717, 1.165) is 11.3 Å². The fourth-order valence-electron chi connectivity index (χ4n) is 1.12. The first-order valence-corrected chi connectivity index (χ1v) is 6.05. The van der Waals surface area contributed by atoms with Crippen molar-refractivity contribution in [3.63, 3.8) is 0 Å². The average molecular weight is 267 g/mol. The van der Waals surface area contributed by atoms with Crippen LogP contribution in [-0.4, -0.2) is 22.8 Å². The van der Waals surface area contributed by atoms with Crippen molar-refractivity contribution in [2.75, 3.05) is 11.9 Å². The molecule has 1 aromatic heterocycles. The van der Waals surface area contributed by atoms with Gasteiger partial charge in [-0.3, -0.25) is 10.3 Å². The molecule has 0 aliphatic carbocycles. The Balaban J connectivity index is 2.42. The van der Waals surface area contributed by atoms with Crippen LogP contribution in [0.1, 0.15) is 19.4 Å². The Morgan fingerprint density at radius 2 is 2.28 bits per heavy atom. The SMILES string of the molecule is Cc1ccncc1NC(=S)NC(=O)OCC(C)C. The van der Waals surface area contributed by atoms with Gasteiger partial charge in [0.05, 0.1) is 18.5 Å². The zero-order valence-corrected chi connectivity index (χ0v) is 11.5. The van der Waals surface area contributed by atoms with Crippen molar-refractivity contribution in [2.45, 2.75) is 20.8 Å². The van der Waals surface area contributed by atoms with E-state index in [1.807, 2.05) is 26.8 Å². The summed E-state index contributed by atoms with van der Waals surface area (Å²) in [4.78, 5) is 15.3. The van der Waals surface area contributed by atoms with Gasteiger partial charge in [0, 0.05) is 6.20 Å². The van der Waals surface area contributed by atoms with Gasteiger partial charge in [0.15, 0.2) is 5.11 Å². The number of nitrogens with one attached hydrogen (secondary N) is 2. The third-order valence-electron chi connectivity index (χ3n) is 2.05. The van der Waals surface area contributed by atoms with Crippen LogP contribution >= 0.6 is 12.2 Å². The summed E-state index contributed by atoms with van der Waals surface area (Å²) in [5, 5.41) is 5.52. The highest BCUT2D eigenvalue weighted by Crippen LogP contribution is 2.10. The number of rotatable bonds is 3. The van der Waals surface area contributed by atoms with Crippen molar-refractivity contribution < 1.29 is 9.53 Å². The van der Waals surface area contributed by atoms with Crippen LogP contribution < -0.4 is 10.6 Å². The van der Waals surface area contributed by atoms with Crippen LogP contribution in [0.2, 0.25) is 0 Å². The number of pyridine rings is 1. The maximum atomic E-state index is 11.4. The Hall–Kier alpha value is -1.69. The van der Waals surface area contributed by atoms with E-state index in [1.54, 1.807) is 12.4 Å². The van der Waals surface area contributed by atoms with Crippen LogP contribution in [0, 0.1) is 12.8 Å².